The van der Waals surface area contributed by atoms with Crippen molar-refractivity contribution in [1.29, 1.82) is 0 Å². The molecule has 19 heavy (non-hydrogen) atoms. The molecule has 0 aliphatic carbocycles. The fourth-order valence-electron chi connectivity index (χ4n) is 1.71. The van der Waals surface area contributed by atoms with Gasteiger partial charge in [0, 0.05) is 23.1 Å². The Kier molecular flexibility index (Phi) is 4.21. The number of nitrogens with one attached hydrogen (secondary N) is 1. The van der Waals surface area contributed by atoms with E-state index >= 15 is 0 Å². The summed E-state index contributed by atoms with van der Waals surface area (Å²) in [6.45, 7) is 1.90. The first-order valence-corrected chi connectivity index (χ1v) is 6.60. The zero-order valence-electron chi connectivity index (χ0n) is 10.4. The van der Waals surface area contributed by atoms with E-state index in [1.807, 2.05) is 19.1 Å². The van der Waals surface area contributed by atoms with Crippen molar-refractivity contribution in [2.75, 3.05) is 5.73 Å². The lowest BCUT2D eigenvalue weighted by Crippen LogP contribution is -2.34. The number of rotatable bonds is 4. The second-order valence-electron chi connectivity index (χ2n) is 4.24. The number of aromatic nitrogens is 1. The maximum absolute atomic E-state index is 12.1. The average Bonchev–Trinajstić information content (AvgIpc) is 2.84. The van der Waals surface area contributed by atoms with Crippen LogP contribution in [0.25, 0.3) is 0 Å². The molecule has 0 aromatic carbocycles. The van der Waals surface area contributed by atoms with Crippen LogP contribution in [0.5, 0.6) is 0 Å². The van der Waals surface area contributed by atoms with Gasteiger partial charge in [-0.2, -0.15) is 0 Å². The van der Waals surface area contributed by atoms with Gasteiger partial charge in [0.15, 0.2) is 0 Å². The number of nitrogens with zero attached hydrogens (tertiary/aromatic N) is 1. The molecule has 0 bridgehead atoms. The van der Waals surface area contributed by atoms with Gasteiger partial charge in [0.25, 0.3) is 5.91 Å². The predicted octanol–water partition coefficient (Wildman–Crippen LogP) is 2.38. The van der Waals surface area contributed by atoms with E-state index < -0.39 is 0 Å². The minimum absolute atomic E-state index is 0.0583. The molecule has 100 valence electrons. The number of carbonyl (C=O) groups is 1. The van der Waals surface area contributed by atoms with Crippen LogP contribution in [0.15, 0.2) is 39.5 Å². The van der Waals surface area contributed by atoms with Crippen LogP contribution in [0.1, 0.15) is 23.0 Å². The topological polar surface area (TPSA) is 81.2 Å². The van der Waals surface area contributed by atoms with Crippen LogP contribution >= 0.6 is 15.9 Å². The van der Waals surface area contributed by atoms with Gasteiger partial charge in [-0.3, -0.25) is 4.79 Å². The quantitative estimate of drug-likeness (QED) is 0.905. The highest BCUT2D eigenvalue weighted by Crippen LogP contribution is 2.15. The predicted molar refractivity (Wildman–Crippen MR) is 75.7 cm³/mol. The maximum atomic E-state index is 12.1. The van der Waals surface area contributed by atoms with Gasteiger partial charge >= 0.3 is 0 Å². The van der Waals surface area contributed by atoms with Gasteiger partial charge in [-0.1, -0.05) is 0 Å². The first-order valence-electron chi connectivity index (χ1n) is 5.80. The van der Waals surface area contributed by atoms with Crippen molar-refractivity contribution in [3.63, 3.8) is 0 Å². The van der Waals surface area contributed by atoms with Gasteiger partial charge < -0.3 is 15.5 Å². The fraction of sp³-hybridized carbons (Fsp3) is 0.231. The molecular formula is C13H14BrN3O2. The number of pyridine rings is 1. The summed E-state index contributed by atoms with van der Waals surface area (Å²) in [5.41, 5.74) is 6.05. The van der Waals surface area contributed by atoms with E-state index in [4.69, 9.17) is 10.2 Å². The number of furan rings is 1. The summed E-state index contributed by atoms with van der Waals surface area (Å²) in [6.07, 6.45) is 3.79. The van der Waals surface area contributed by atoms with Crippen molar-refractivity contribution >= 4 is 27.7 Å². The summed E-state index contributed by atoms with van der Waals surface area (Å²) in [4.78, 5) is 16.0. The lowest BCUT2D eigenvalue weighted by atomic mass is 10.1. The lowest BCUT2D eigenvalue weighted by Gasteiger charge is -2.13. The first kappa shape index (κ1) is 13.6. The Morgan fingerprint density at radius 2 is 2.42 bits per heavy atom. The van der Waals surface area contributed by atoms with E-state index in [1.54, 1.807) is 18.5 Å². The molecule has 1 unspecified atom stereocenters. The molecular weight excluding hydrogens is 310 g/mol. The number of nitrogens with two attached hydrogens (primary N) is 1. The average molecular weight is 324 g/mol. The normalized spacial score (nSPS) is 12.1. The minimum Gasteiger partial charge on any atom is -0.469 e. The van der Waals surface area contributed by atoms with Crippen molar-refractivity contribution < 1.29 is 9.21 Å². The van der Waals surface area contributed by atoms with Crippen LogP contribution in [0, 0.1) is 0 Å². The van der Waals surface area contributed by atoms with Crippen molar-refractivity contribution in [2.24, 2.45) is 0 Å². The summed E-state index contributed by atoms with van der Waals surface area (Å²) < 4.78 is 5.95. The van der Waals surface area contributed by atoms with Crippen LogP contribution in [0.4, 0.5) is 5.82 Å². The molecule has 2 aromatic heterocycles. The molecule has 0 radical (unpaired) electrons. The third-order valence-electron chi connectivity index (χ3n) is 2.59. The monoisotopic (exact) mass is 323 g/mol. The highest BCUT2D eigenvalue weighted by molar-refractivity contribution is 9.10. The van der Waals surface area contributed by atoms with Crippen LogP contribution < -0.4 is 11.1 Å². The fourth-order valence-corrected chi connectivity index (χ4v) is 2.05. The lowest BCUT2D eigenvalue weighted by molar-refractivity contribution is 0.0940. The molecule has 2 heterocycles. The number of carbonyl (C=O) groups excluding carboxylic acids is 1. The molecule has 0 spiro atoms. The third kappa shape index (κ3) is 3.57. The number of amides is 1. The van der Waals surface area contributed by atoms with Gasteiger partial charge in [0.05, 0.1) is 11.8 Å². The molecule has 0 aliphatic rings. The van der Waals surface area contributed by atoms with Crippen molar-refractivity contribution in [3.05, 3.63) is 46.5 Å². The second kappa shape index (κ2) is 5.88. The molecule has 0 fully saturated rings. The molecule has 3 N–H and O–H groups in total. The Labute approximate surface area is 119 Å². The Morgan fingerprint density at radius 1 is 1.63 bits per heavy atom. The Balaban J connectivity index is 2.02. The molecule has 2 rings (SSSR count). The summed E-state index contributed by atoms with van der Waals surface area (Å²) in [7, 11) is 0. The van der Waals surface area contributed by atoms with Crippen LogP contribution in [0.3, 0.4) is 0 Å². The summed E-state index contributed by atoms with van der Waals surface area (Å²) in [5, 5.41) is 2.86. The number of halogens is 1. The van der Waals surface area contributed by atoms with Crippen LogP contribution in [-0.2, 0) is 6.42 Å². The number of nitrogen functional groups attached to an aromatic ring is 1. The smallest absolute Gasteiger partial charge is 0.255 e. The summed E-state index contributed by atoms with van der Waals surface area (Å²) >= 11 is 3.27. The Hall–Kier alpha value is -1.82. The molecule has 6 heteroatoms. The van der Waals surface area contributed by atoms with E-state index in [-0.39, 0.29) is 17.8 Å². The second-order valence-corrected chi connectivity index (χ2v) is 5.16. The third-order valence-corrected chi connectivity index (χ3v) is 3.03. The Morgan fingerprint density at radius 3 is 3.11 bits per heavy atom. The SMILES string of the molecule is CC(Cc1ccco1)NC(=O)c1cc(Br)cnc1N. The van der Waals surface area contributed by atoms with Crippen molar-refractivity contribution in [3.8, 4) is 0 Å². The summed E-state index contributed by atoms with van der Waals surface area (Å²) in [6, 6.07) is 5.28. The van der Waals surface area contributed by atoms with E-state index in [1.165, 1.54) is 0 Å². The van der Waals surface area contributed by atoms with Crippen LogP contribution in [0.2, 0.25) is 0 Å². The Bertz CT molecular complexity index is 569. The molecule has 5 nitrogen and oxygen atoms in total. The van der Waals surface area contributed by atoms with Gasteiger partial charge in [-0.25, -0.2) is 4.98 Å². The number of hydrogen-bond acceptors (Lipinski definition) is 4. The zero-order valence-corrected chi connectivity index (χ0v) is 12.0. The minimum atomic E-state index is -0.245. The largest absolute Gasteiger partial charge is 0.469 e. The zero-order chi connectivity index (χ0) is 13.8. The molecule has 2 aromatic rings. The first-order chi connectivity index (χ1) is 9.06. The molecule has 0 saturated carbocycles. The molecule has 0 aliphatic heterocycles. The molecule has 0 saturated heterocycles. The van der Waals surface area contributed by atoms with Gasteiger partial charge in [-0.15, -0.1) is 0 Å². The van der Waals surface area contributed by atoms with E-state index in [0.717, 1.165) is 5.76 Å². The van der Waals surface area contributed by atoms with Gasteiger partial charge in [0.2, 0.25) is 0 Å². The standard InChI is InChI=1S/C13H14BrN3O2/c1-8(5-10-3-2-4-19-10)17-13(18)11-6-9(14)7-16-12(11)15/h2-4,6-8H,5H2,1H3,(H2,15,16)(H,17,18). The highest BCUT2D eigenvalue weighted by Gasteiger charge is 2.15. The number of hydrogen-bond donors (Lipinski definition) is 2. The van der Waals surface area contributed by atoms with E-state index in [2.05, 4.69) is 26.2 Å². The molecule has 1 amide bonds. The summed E-state index contributed by atoms with van der Waals surface area (Å²) in [5.74, 6) is 0.796. The maximum Gasteiger partial charge on any atom is 0.255 e. The van der Waals surface area contributed by atoms with Crippen molar-refractivity contribution in [2.45, 2.75) is 19.4 Å². The van der Waals surface area contributed by atoms with Crippen LogP contribution in [-0.4, -0.2) is 16.9 Å². The highest BCUT2D eigenvalue weighted by atomic mass is 79.9. The van der Waals surface area contributed by atoms with E-state index in [9.17, 15) is 4.79 Å². The molecule has 1 atom stereocenters. The van der Waals surface area contributed by atoms with Crippen molar-refractivity contribution in [1.82, 2.24) is 10.3 Å². The number of anilines is 1. The van der Waals surface area contributed by atoms with Gasteiger partial charge in [-0.05, 0) is 41.1 Å². The van der Waals surface area contributed by atoms with Gasteiger partial charge in [0.1, 0.15) is 11.6 Å². The van der Waals surface area contributed by atoms with E-state index in [0.29, 0.717) is 16.5 Å².